The fraction of sp³-hybridized carbons (Fsp3) is 0.190. The summed E-state index contributed by atoms with van der Waals surface area (Å²) in [6.07, 6.45) is -9.92. The first-order valence-corrected chi connectivity index (χ1v) is 9.29. The minimum Gasteiger partial charge on any atom is -0.385 e. The fourth-order valence-electron chi connectivity index (χ4n) is 2.79. The third-order valence-corrected chi connectivity index (χ3v) is 4.48. The third-order valence-electron chi connectivity index (χ3n) is 4.48. The summed E-state index contributed by atoms with van der Waals surface area (Å²) in [5.74, 6) is -1.87. The predicted octanol–water partition coefficient (Wildman–Crippen LogP) is 3.41. The highest BCUT2D eigenvalue weighted by Crippen LogP contribution is 2.30. The molecule has 0 aliphatic heterocycles. The van der Waals surface area contributed by atoms with Gasteiger partial charge in [0.25, 0.3) is 17.9 Å². The Bertz CT molecular complexity index is 1210. The van der Waals surface area contributed by atoms with E-state index in [1.165, 1.54) is 12.1 Å². The lowest BCUT2D eigenvalue weighted by Crippen LogP contribution is -2.39. The van der Waals surface area contributed by atoms with Crippen molar-refractivity contribution in [3.63, 3.8) is 0 Å². The number of carbonyl (C=O) groups excluding carboxylic acids is 1. The second kappa shape index (κ2) is 9.45. The summed E-state index contributed by atoms with van der Waals surface area (Å²) in [6, 6.07) is 9.23. The van der Waals surface area contributed by atoms with Crippen molar-refractivity contribution in [3.8, 4) is 16.9 Å². The number of aliphatic hydroxyl groups is 1. The molecular weight excluding hydrogens is 456 g/mol. The van der Waals surface area contributed by atoms with Gasteiger partial charge in [0, 0.05) is 12.1 Å². The van der Waals surface area contributed by atoms with Gasteiger partial charge >= 0.3 is 6.18 Å². The molecule has 174 valence electrons. The van der Waals surface area contributed by atoms with Gasteiger partial charge in [0.15, 0.2) is 0 Å². The molecule has 0 fully saturated rings. The second-order valence-electron chi connectivity index (χ2n) is 6.83. The quantitative estimate of drug-likeness (QED) is 0.540. The SMILES string of the molecule is O=C(NC[C@@H](O)C(F)F)c1cc(-c2ccc(C(F)(F)F)cc2)nn(-c2cccc(F)c2)c1=O. The largest absolute Gasteiger partial charge is 0.416 e. The van der Waals surface area contributed by atoms with E-state index in [1.54, 1.807) is 0 Å². The maximum atomic E-state index is 13.7. The van der Waals surface area contributed by atoms with Crippen LogP contribution in [0.1, 0.15) is 15.9 Å². The van der Waals surface area contributed by atoms with Crippen molar-refractivity contribution < 1.29 is 36.2 Å². The van der Waals surface area contributed by atoms with Crippen molar-refractivity contribution in [2.24, 2.45) is 0 Å². The maximum absolute atomic E-state index is 13.7. The number of aromatic nitrogens is 2. The first kappa shape index (κ1) is 24.0. The zero-order chi connectivity index (χ0) is 24.3. The number of rotatable bonds is 6. The van der Waals surface area contributed by atoms with Crippen LogP contribution in [0.3, 0.4) is 0 Å². The van der Waals surface area contributed by atoms with E-state index in [-0.39, 0.29) is 16.9 Å². The van der Waals surface area contributed by atoms with Gasteiger partial charge in [0.2, 0.25) is 0 Å². The molecule has 3 rings (SSSR count). The van der Waals surface area contributed by atoms with Gasteiger partial charge in [0.1, 0.15) is 17.5 Å². The number of hydrogen-bond donors (Lipinski definition) is 2. The van der Waals surface area contributed by atoms with E-state index in [0.29, 0.717) is 4.68 Å². The molecule has 0 saturated heterocycles. The molecule has 33 heavy (non-hydrogen) atoms. The lowest BCUT2D eigenvalue weighted by molar-refractivity contribution is -0.137. The van der Waals surface area contributed by atoms with Crippen molar-refractivity contribution in [3.05, 3.63) is 81.9 Å². The van der Waals surface area contributed by atoms with Gasteiger partial charge in [-0.3, -0.25) is 9.59 Å². The second-order valence-corrected chi connectivity index (χ2v) is 6.83. The summed E-state index contributed by atoms with van der Waals surface area (Å²) in [5.41, 5.74) is -2.70. The molecule has 0 spiro atoms. The summed E-state index contributed by atoms with van der Waals surface area (Å²) in [4.78, 5) is 25.3. The van der Waals surface area contributed by atoms with Crippen LogP contribution in [0.2, 0.25) is 0 Å². The molecular formula is C21H15F6N3O3. The number of aliphatic hydroxyl groups excluding tert-OH is 1. The first-order valence-electron chi connectivity index (χ1n) is 9.29. The Morgan fingerprint density at radius 2 is 1.76 bits per heavy atom. The van der Waals surface area contributed by atoms with Gasteiger partial charge < -0.3 is 10.4 Å². The van der Waals surface area contributed by atoms with Crippen LogP contribution in [-0.2, 0) is 6.18 Å². The Hall–Kier alpha value is -3.67. The van der Waals surface area contributed by atoms with Crippen LogP contribution in [-0.4, -0.2) is 39.9 Å². The van der Waals surface area contributed by atoms with Gasteiger partial charge in [-0.15, -0.1) is 0 Å². The fourth-order valence-corrected chi connectivity index (χ4v) is 2.79. The molecule has 6 nitrogen and oxygen atoms in total. The van der Waals surface area contributed by atoms with Crippen LogP contribution in [0.4, 0.5) is 26.3 Å². The van der Waals surface area contributed by atoms with Crippen molar-refractivity contribution >= 4 is 5.91 Å². The normalized spacial score (nSPS) is 12.6. The highest BCUT2D eigenvalue weighted by atomic mass is 19.4. The summed E-state index contributed by atoms with van der Waals surface area (Å²) in [6.45, 7) is -0.867. The smallest absolute Gasteiger partial charge is 0.385 e. The van der Waals surface area contributed by atoms with Crippen molar-refractivity contribution in [1.29, 1.82) is 0 Å². The Balaban J connectivity index is 2.10. The molecule has 1 atom stereocenters. The van der Waals surface area contributed by atoms with Crippen molar-refractivity contribution in [2.45, 2.75) is 18.7 Å². The first-order chi connectivity index (χ1) is 15.5. The molecule has 2 N–H and O–H groups in total. The number of nitrogens with zero attached hydrogens (tertiary/aromatic N) is 2. The Morgan fingerprint density at radius 3 is 2.33 bits per heavy atom. The van der Waals surface area contributed by atoms with Crippen LogP contribution < -0.4 is 10.9 Å². The van der Waals surface area contributed by atoms with E-state index in [0.717, 1.165) is 42.5 Å². The van der Waals surface area contributed by atoms with Gasteiger partial charge in [0.05, 0.1) is 16.9 Å². The average Bonchev–Trinajstić information content (AvgIpc) is 2.76. The van der Waals surface area contributed by atoms with Crippen LogP contribution in [0.5, 0.6) is 0 Å². The summed E-state index contributed by atoms with van der Waals surface area (Å²) in [7, 11) is 0. The number of nitrogens with one attached hydrogen (secondary N) is 1. The molecule has 3 aromatic rings. The summed E-state index contributed by atoms with van der Waals surface area (Å²) in [5, 5.41) is 15.2. The Labute approximate surface area is 182 Å². The average molecular weight is 471 g/mol. The van der Waals surface area contributed by atoms with E-state index in [1.807, 2.05) is 5.32 Å². The maximum Gasteiger partial charge on any atom is 0.416 e. The topological polar surface area (TPSA) is 84.2 Å². The molecule has 1 amide bonds. The number of benzene rings is 2. The standard InChI is InChI=1S/C21H15F6N3O3/c22-13-2-1-3-14(8-13)30-20(33)15(19(32)28-10-17(31)18(23)24)9-16(29-30)11-4-6-12(7-5-11)21(25,26)27/h1-9,17-18,31H,10H2,(H,28,32)/t17-/m1/s1. The molecule has 12 heteroatoms. The van der Waals surface area contributed by atoms with Gasteiger partial charge in [-0.1, -0.05) is 18.2 Å². The van der Waals surface area contributed by atoms with Crippen molar-refractivity contribution in [1.82, 2.24) is 15.1 Å². The zero-order valence-electron chi connectivity index (χ0n) is 16.5. The molecule has 0 bridgehead atoms. The predicted molar refractivity (Wildman–Crippen MR) is 105 cm³/mol. The number of carbonyl (C=O) groups is 1. The van der Waals surface area contributed by atoms with E-state index >= 15 is 0 Å². The summed E-state index contributed by atoms with van der Waals surface area (Å²) >= 11 is 0. The molecule has 0 saturated carbocycles. The van der Waals surface area contributed by atoms with Crippen LogP contribution >= 0.6 is 0 Å². The van der Waals surface area contributed by atoms with Crippen molar-refractivity contribution in [2.75, 3.05) is 6.54 Å². The van der Waals surface area contributed by atoms with Gasteiger partial charge in [-0.05, 0) is 36.4 Å². The van der Waals surface area contributed by atoms with E-state index in [9.17, 15) is 41.0 Å². The molecule has 1 aromatic heterocycles. The Morgan fingerprint density at radius 1 is 1.09 bits per heavy atom. The van der Waals surface area contributed by atoms with E-state index in [4.69, 9.17) is 0 Å². The number of halogens is 6. The lowest BCUT2D eigenvalue weighted by atomic mass is 10.1. The molecule has 2 aromatic carbocycles. The highest BCUT2D eigenvalue weighted by molar-refractivity contribution is 5.94. The molecule has 0 aliphatic carbocycles. The lowest BCUT2D eigenvalue weighted by Gasteiger charge is -2.13. The minimum atomic E-state index is -4.59. The molecule has 0 aliphatic rings. The van der Waals surface area contributed by atoms with E-state index in [2.05, 4.69) is 5.10 Å². The van der Waals surface area contributed by atoms with Crippen LogP contribution in [0.15, 0.2) is 59.4 Å². The van der Waals surface area contributed by atoms with Gasteiger partial charge in [-0.2, -0.15) is 23.0 Å². The number of alkyl halides is 5. The Kier molecular flexibility index (Phi) is 6.86. The van der Waals surface area contributed by atoms with E-state index < -0.39 is 53.7 Å². The molecule has 0 unspecified atom stereocenters. The molecule has 0 radical (unpaired) electrons. The van der Waals surface area contributed by atoms with Gasteiger partial charge in [-0.25, -0.2) is 13.2 Å². The monoisotopic (exact) mass is 471 g/mol. The summed E-state index contributed by atoms with van der Waals surface area (Å²) < 4.78 is 77.9. The third kappa shape index (κ3) is 5.58. The zero-order valence-corrected chi connectivity index (χ0v) is 16.5. The number of hydrogen-bond acceptors (Lipinski definition) is 4. The number of amides is 1. The van der Waals surface area contributed by atoms with Crippen LogP contribution in [0, 0.1) is 5.82 Å². The highest BCUT2D eigenvalue weighted by Gasteiger charge is 2.30. The molecule has 1 heterocycles. The van der Waals surface area contributed by atoms with Crippen LogP contribution in [0.25, 0.3) is 16.9 Å². The minimum absolute atomic E-state index is 0.0876.